The number of furan rings is 1. The minimum absolute atomic E-state index is 0.519. The molecule has 2 aromatic rings. The van der Waals surface area contributed by atoms with Gasteiger partial charge in [-0.15, -0.1) is 0 Å². The lowest BCUT2D eigenvalue weighted by atomic mass is 10.1. The van der Waals surface area contributed by atoms with Crippen LogP contribution in [-0.2, 0) is 0 Å². The maximum Gasteiger partial charge on any atom is 0.128 e. The molecule has 3 nitrogen and oxygen atoms in total. The van der Waals surface area contributed by atoms with E-state index >= 15 is 0 Å². The highest BCUT2D eigenvalue weighted by atomic mass is 16.3. The Kier molecular flexibility index (Phi) is 2.92. The first-order valence-electron chi connectivity index (χ1n) is 6.41. The number of allylic oxidation sites excluding steroid dienone is 1. The summed E-state index contributed by atoms with van der Waals surface area (Å²) in [5, 5.41) is 9.21. The van der Waals surface area contributed by atoms with E-state index in [9.17, 15) is 5.26 Å². The van der Waals surface area contributed by atoms with E-state index in [1.165, 1.54) is 6.42 Å². The van der Waals surface area contributed by atoms with Crippen molar-refractivity contribution in [3.63, 3.8) is 0 Å². The van der Waals surface area contributed by atoms with Gasteiger partial charge in [0.25, 0.3) is 0 Å². The van der Waals surface area contributed by atoms with E-state index in [1.54, 1.807) is 12.3 Å². The Morgan fingerprint density at radius 3 is 2.89 bits per heavy atom. The normalized spacial score (nSPS) is 22.0. The minimum Gasteiger partial charge on any atom is -0.461 e. The van der Waals surface area contributed by atoms with Gasteiger partial charge in [0.05, 0.1) is 11.3 Å². The average molecular weight is 250 g/mol. The molecule has 1 aliphatic rings. The number of nitriles is 1. The lowest BCUT2D eigenvalue weighted by molar-refractivity contribution is 0.498. The highest BCUT2D eigenvalue weighted by Gasteiger charge is 2.36. The van der Waals surface area contributed by atoms with Gasteiger partial charge in [0.2, 0.25) is 0 Å². The van der Waals surface area contributed by atoms with E-state index in [1.807, 2.05) is 30.3 Å². The smallest absolute Gasteiger partial charge is 0.128 e. The summed E-state index contributed by atoms with van der Waals surface area (Å²) in [6.45, 7) is 2.22. The predicted octanol–water partition coefficient (Wildman–Crippen LogP) is 3.86. The van der Waals surface area contributed by atoms with E-state index in [0.29, 0.717) is 23.1 Å². The Balaban J connectivity index is 1.87. The van der Waals surface area contributed by atoms with Crippen LogP contribution in [0.5, 0.6) is 0 Å². The topological polar surface area (TPSA) is 49.8 Å². The Hall–Kier alpha value is -2.34. The van der Waals surface area contributed by atoms with Crippen molar-refractivity contribution in [1.82, 2.24) is 4.98 Å². The van der Waals surface area contributed by atoms with Crippen LogP contribution in [0.1, 0.15) is 36.5 Å². The Morgan fingerprint density at radius 2 is 2.26 bits per heavy atom. The van der Waals surface area contributed by atoms with E-state index in [0.717, 1.165) is 11.5 Å². The summed E-state index contributed by atoms with van der Waals surface area (Å²) < 4.78 is 5.78. The minimum atomic E-state index is 0.519. The summed E-state index contributed by atoms with van der Waals surface area (Å²) in [5.74, 6) is 3.02. The number of hydrogen-bond donors (Lipinski definition) is 0. The maximum atomic E-state index is 9.21. The van der Waals surface area contributed by atoms with Gasteiger partial charge in [-0.25, -0.2) is 0 Å². The Labute approximate surface area is 112 Å². The summed E-state index contributed by atoms with van der Waals surface area (Å²) >= 11 is 0. The molecule has 0 spiro atoms. The SMILES string of the molecule is C[C@@H]1C[C@H]1c1ccc(/C=C(\C#N)c2ccccn2)o1. The zero-order valence-corrected chi connectivity index (χ0v) is 10.7. The fourth-order valence-corrected chi connectivity index (χ4v) is 2.19. The molecule has 0 aliphatic heterocycles. The number of rotatable bonds is 3. The van der Waals surface area contributed by atoms with Gasteiger partial charge in [0.15, 0.2) is 0 Å². The first-order chi connectivity index (χ1) is 9.28. The molecule has 3 rings (SSSR count). The predicted molar refractivity (Wildman–Crippen MR) is 73.0 cm³/mol. The highest BCUT2D eigenvalue weighted by molar-refractivity contribution is 5.87. The van der Waals surface area contributed by atoms with Crippen LogP contribution in [-0.4, -0.2) is 4.98 Å². The zero-order chi connectivity index (χ0) is 13.2. The molecule has 1 fully saturated rings. The monoisotopic (exact) mass is 250 g/mol. The third kappa shape index (κ3) is 2.43. The van der Waals surface area contributed by atoms with Crippen LogP contribution in [0.2, 0.25) is 0 Å². The lowest BCUT2D eigenvalue weighted by Gasteiger charge is -1.96. The van der Waals surface area contributed by atoms with E-state index in [4.69, 9.17) is 4.42 Å². The van der Waals surface area contributed by atoms with Crippen LogP contribution in [0, 0.1) is 17.2 Å². The van der Waals surface area contributed by atoms with Gasteiger partial charge >= 0.3 is 0 Å². The molecular formula is C16H14N2O. The largest absolute Gasteiger partial charge is 0.461 e. The van der Waals surface area contributed by atoms with Crippen molar-refractivity contribution in [2.75, 3.05) is 0 Å². The van der Waals surface area contributed by atoms with Crippen LogP contribution in [0.25, 0.3) is 11.6 Å². The van der Waals surface area contributed by atoms with Crippen molar-refractivity contribution in [1.29, 1.82) is 5.26 Å². The summed E-state index contributed by atoms with van der Waals surface area (Å²) in [6, 6.07) is 11.6. The van der Waals surface area contributed by atoms with E-state index in [2.05, 4.69) is 18.0 Å². The number of nitrogens with zero attached hydrogens (tertiary/aromatic N) is 2. The molecule has 1 saturated carbocycles. The van der Waals surface area contributed by atoms with Crippen LogP contribution in [0.15, 0.2) is 40.9 Å². The van der Waals surface area contributed by atoms with E-state index in [-0.39, 0.29) is 0 Å². The van der Waals surface area contributed by atoms with Crippen molar-refractivity contribution < 1.29 is 4.42 Å². The standard InChI is InChI=1S/C16H14N2O/c1-11-8-14(11)16-6-5-13(19-16)9-12(10-17)15-4-2-3-7-18-15/h2-7,9,11,14H,8H2,1H3/b12-9+/t11-,14-/m1/s1. The Bertz CT molecular complexity index is 649. The van der Waals surface area contributed by atoms with Gasteiger partial charge in [-0.2, -0.15) is 5.26 Å². The zero-order valence-electron chi connectivity index (χ0n) is 10.7. The lowest BCUT2D eigenvalue weighted by Crippen LogP contribution is -1.85. The molecule has 0 saturated heterocycles. The first kappa shape index (κ1) is 11.7. The second-order valence-corrected chi connectivity index (χ2v) is 4.94. The summed E-state index contributed by atoms with van der Waals surface area (Å²) in [4.78, 5) is 4.18. The quantitative estimate of drug-likeness (QED) is 0.777. The second-order valence-electron chi connectivity index (χ2n) is 4.94. The highest BCUT2D eigenvalue weighted by Crippen LogP contribution is 2.47. The number of pyridine rings is 1. The van der Waals surface area contributed by atoms with Crippen molar-refractivity contribution in [3.05, 3.63) is 53.7 Å². The molecular weight excluding hydrogens is 236 g/mol. The fourth-order valence-electron chi connectivity index (χ4n) is 2.19. The number of hydrogen-bond acceptors (Lipinski definition) is 3. The molecule has 2 atom stereocenters. The Morgan fingerprint density at radius 1 is 1.42 bits per heavy atom. The van der Waals surface area contributed by atoms with Crippen molar-refractivity contribution in [2.24, 2.45) is 5.92 Å². The van der Waals surface area contributed by atoms with Crippen molar-refractivity contribution >= 4 is 11.6 Å². The molecule has 2 heterocycles. The fraction of sp³-hybridized carbons (Fsp3) is 0.250. The summed E-state index contributed by atoms with van der Waals surface area (Å²) in [7, 11) is 0. The number of aromatic nitrogens is 1. The van der Waals surface area contributed by atoms with Gasteiger partial charge < -0.3 is 4.42 Å². The molecule has 94 valence electrons. The maximum absolute atomic E-state index is 9.21. The molecule has 0 aromatic carbocycles. The van der Waals surface area contributed by atoms with Crippen molar-refractivity contribution in [3.8, 4) is 6.07 Å². The van der Waals surface area contributed by atoms with Gasteiger partial charge in [-0.3, -0.25) is 4.98 Å². The average Bonchev–Trinajstić information content (AvgIpc) is 3.00. The summed E-state index contributed by atoms with van der Waals surface area (Å²) in [6.07, 6.45) is 4.63. The molecule has 0 N–H and O–H groups in total. The summed E-state index contributed by atoms with van der Waals surface area (Å²) in [5.41, 5.74) is 1.19. The molecule has 0 bridgehead atoms. The van der Waals surface area contributed by atoms with Crippen LogP contribution >= 0.6 is 0 Å². The molecule has 3 heteroatoms. The second kappa shape index (κ2) is 4.74. The van der Waals surface area contributed by atoms with Crippen LogP contribution < -0.4 is 0 Å². The third-order valence-electron chi connectivity index (χ3n) is 3.47. The van der Waals surface area contributed by atoms with Gasteiger partial charge in [0, 0.05) is 18.2 Å². The molecule has 1 aliphatic carbocycles. The van der Waals surface area contributed by atoms with Crippen LogP contribution in [0.3, 0.4) is 0 Å². The molecule has 0 amide bonds. The van der Waals surface area contributed by atoms with Crippen molar-refractivity contribution in [2.45, 2.75) is 19.3 Å². The molecule has 2 aromatic heterocycles. The molecule has 0 unspecified atom stereocenters. The van der Waals surface area contributed by atoms with Gasteiger partial charge in [-0.1, -0.05) is 13.0 Å². The first-order valence-corrected chi connectivity index (χ1v) is 6.41. The third-order valence-corrected chi connectivity index (χ3v) is 3.47. The van der Waals surface area contributed by atoms with Gasteiger partial charge in [-0.05, 0) is 36.6 Å². The molecule has 19 heavy (non-hydrogen) atoms. The van der Waals surface area contributed by atoms with E-state index < -0.39 is 0 Å². The molecule has 0 radical (unpaired) electrons. The van der Waals surface area contributed by atoms with Crippen LogP contribution in [0.4, 0.5) is 0 Å². The van der Waals surface area contributed by atoms with Gasteiger partial charge in [0.1, 0.15) is 17.6 Å².